The van der Waals surface area contributed by atoms with Crippen LogP contribution in [-0.2, 0) is 32.6 Å². The minimum absolute atomic E-state index is 0.0917. The first-order valence-corrected chi connectivity index (χ1v) is 16.3. The van der Waals surface area contributed by atoms with Gasteiger partial charge in [0, 0.05) is 37.0 Å². The van der Waals surface area contributed by atoms with Gasteiger partial charge in [-0.05, 0) is 54.7 Å². The fourth-order valence-electron chi connectivity index (χ4n) is 5.31. The minimum atomic E-state index is -3.58. The van der Waals surface area contributed by atoms with Crippen LogP contribution in [0.3, 0.4) is 0 Å². The highest BCUT2D eigenvalue weighted by Crippen LogP contribution is 2.23. The Morgan fingerprint density at radius 3 is 2.07 bits per heavy atom. The molecule has 1 atom stereocenters. The van der Waals surface area contributed by atoms with E-state index in [-0.39, 0.29) is 37.4 Å². The number of hydrogen-bond donors (Lipinski definition) is 1. The van der Waals surface area contributed by atoms with E-state index in [2.05, 4.69) is 5.32 Å². The molecule has 0 bridgehead atoms. The van der Waals surface area contributed by atoms with E-state index >= 15 is 0 Å². The van der Waals surface area contributed by atoms with Crippen molar-refractivity contribution in [1.29, 1.82) is 0 Å². The first kappa shape index (κ1) is 30.6. The Morgan fingerprint density at radius 2 is 1.49 bits per heavy atom. The van der Waals surface area contributed by atoms with Crippen molar-refractivity contribution in [1.82, 2.24) is 10.2 Å². The summed E-state index contributed by atoms with van der Waals surface area (Å²) < 4.78 is 26.4. The monoisotopic (exact) mass is 595 g/mol. The van der Waals surface area contributed by atoms with Gasteiger partial charge in [-0.2, -0.15) is 0 Å². The Morgan fingerprint density at radius 1 is 0.902 bits per heavy atom. The molecule has 1 aliphatic carbocycles. The molecule has 2 amide bonds. The molecule has 1 saturated carbocycles. The average Bonchev–Trinajstić information content (AvgIpc) is 3.47. The van der Waals surface area contributed by atoms with Crippen molar-refractivity contribution in [3.8, 4) is 0 Å². The molecule has 0 radical (unpaired) electrons. The van der Waals surface area contributed by atoms with Crippen LogP contribution < -0.4 is 9.62 Å². The molecule has 0 aliphatic heterocycles. The summed E-state index contributed by atoms with van der Waals surface area (Å²) in [5.74, 6) is -0.343. The zero-order valence-electron chi connectivity index (χ0n) is 23.4. The highest BCUT2D eigenvalue weighted by molar-refractivity contribution is 7.92. The Labute approximate surface area is 248 Å². The topological polar surface area (TPSA) is 86.8 Å². The van der Waals surface area contributed by atoms with Gasteiger partial charge in [0.1, 0.15) is 6.04 Å². The zero-order chi connectivity index (χ0) is 29.2. The van der Waals surface area contributed by atoms with Crippen LogP contribution >= 0.6 is 11.6 Å². The molecule has 0 aromatic heterocycles. The second-order valence-electron chi connectivity index (χ2n) is 10.6. The van der Waals surface area contributed by atoms with Crippen LogP contribution in [-0.4, -0.2) is 50.0 Å². The van der Waals surface area contributed by atoms with Crippen LogP contribution in [0.2, 0.25) is 5.02 Å². The normalized spacial score (nSPS) is 14.4. The summed E-state index contributed by atoms with van der Waals surface area (Å²) >= 11 is 5.99. The molecule has 0 saturated heterocycles. The summed E-state index contributed by atoms with van der Waals surface area (Å²) in [6.45, 7) is 0.408. The number of sulfonamides is 1. The Hall–Kier alpha value is -3.36. The SMILES string of the molecule is CS(=O)(=O)N(CCCC(=O)N(Cc1ccccc1)[C@H](Cc1ccccc1)C(=O)NC1CCCC1)c1ccc(Cl)cc1. The molecule has 7 nitrogen and oxygen atoms in total. The molecule has 3 aromatic rings. The van der Waals surface area contributed by atoms with E-state index in [1.54, 1.807) is 29.2 Å². The number of anilines is 1. The quantitative estimate of drug-likeness (QED) is 0.279. The molecule has 218 valence electrons. The number of benzene rings is 3. The number of rotatable bonds is 13. The molecule has 3 aromatic carbocycles. The molecular formula is C32H38ClN3O4S. The number of carbonyl (C=O) groups is 2. The maximum atomic E-state index is 13.9. The fourth-order valence-corrected chi connectivity index (χ4v) is 6.40. The number of halogens is 1. The smallest absolute Gasteiger partial charge is 0.243 e. The zero-order valence-corrected chi connectivity index (χ0v) is 25.0. The highest BCUT2D eigenvalue weighted by Gasteiger charge is 2.32. The molecule has 1 fully saturated rings. The van der Waals surface area contributed by atoms with E-state index in [4.69, 9.17) is 11.6 Å². The fraction of sp³-hybridized carbons (Fsp3) is 0.375. The van der Waals surface area contributed by atoms with Gasteiger partial charge < -0.3 is 10.2 Å². The standard InChI is InChI=1S/C32H38ClN3O4S/c1-41(39,40)36(29-20-18-27(33)19-21-29)22-10-17-31(37)35(24-26-13-6-3-7-14-26)30(23-25-11-4-2-5-12-25)32(38)34-28-15-8-9-16-28/h2-7,11-14,18-21,28,30H,8-10,15-17,22-24H2,1H3,(H,34,38)/t30-/m1/s1. The molecule has 9 heteroatoms. The molecule has 0 spiro atoms. The van der Waals surface area contributed by atoms with Crippen molar-refractivity contribution in [3.63, 3.8) is 0 Å². The molecular weight excluding hydrogens is 558 g/mol. The molecule has 41 heavy (non-hydrogen) atoms. The number of carbonyl (C=O) groups excluding carboxylic acids is 2. The van der Waals surface area contributed by atoms with Gasteiger partial charge >= 0.3 is 0 Å². The van der Waals surface area contributed by atoms with Crippen molar-refractivity contribution in [2.75, 3.05) is 17.1 Å². The van der Waals surface area contributed by atoms with Gasteiger partial charge in [0.15, 0.2) is 0 Å². The average molecular weight is 596 g/mol. The summed E-state index contributed by atoms with van der Waals surface area (Å²) in [5, 5.41) is 3.72. The lowest BCUT2D eigenvalue weighted by Crippen LogP contribution is -2.52. The van der Waals surface area contributed by atoms with E-state index < -0.39 is 16.1 Å². The third-order valence-electron chi connectivity index (χ3n) is 7.44. The van der Waals surface area contributed by atoms with E-state index in [1.807, 2.05) is 60.7 Å². The van der Waals surface area contributed by atoms with E-state index in [9.17, 15) is 18.0 Å². The minimum Gasteiger partial charge on any atom is -0.352 e. The molecule has 1 N–H and O–H groups in total. The van der Waals surface area contributed by atoms with Crippen molar-refractivity contribution >= 4 is 39.1 Å². The number of amides is 2. The second-order valence-corrected chi connectivity index (χ2v) is 13.0. The predicted octanol–water partition coefficient (Wildman–Crippen LogP) is 5.59. The van der Waals surface area contributed by atoms with Gasteiger partial charge in [0.05, 0.1) is 11.9 Å². The van der Waals surface area contributed by atoms with Crippen LogP contribution in [0.25, 0.3) is 0 Å². The second kappa shape index (κ2) is 14.5. The lowest BCUT2D eigenvalue weighted by Gasteiger charge is -2.33. The highest BCUT2D eigenvalue weighted by atomic mass is 35.5. The Kier molecular flexibility index (Phi) is 10.8. The third-order valence-corrected chi connectivity index (χ3v) is 8.88. The third kappa shape index (κ3) is 9.07. The largest absolute Gasteiger partial charge is 0.352 e. The van der Waals surface area contributed by atoms with Crippen LogP contribution in [0.4, 0.5) is 5.69 Å². The van der Waals surface area contributed by atoms with Crippen molar-refractivity contribution in [3.05, 3.63) is 101 Å². The Bertz CT molecular complexity index is 1380. The van der Waals surface area contributed by atoms with Gasteiger partial charge in [0.2, 0.25) is 21.8 Å². The van der Waals surface area contributed by atoms with Crippen molar-refractivity contribution < 1.29 is 18.0 Å². The predicted molar refractivity (Wildman–Crippen MR) is 164 cm³/mol. The summed E-state index contributed by atoms with van der Waals surface area (Å²) in [7, 11) is -3.58. The van der Waals surface area contributed by atoms with Crippen LogP contribution in [0, 0.1) is 0 Å². The Balaban J connectivity index is 1.56. The lowest BCUT2D eigenvalue weighted by molar-refractivity contribution is -0.141. The van der Waals surface area contributed by atoms with Gasteiger partial charge in [-0.25, -0.2) is 8.42 Å². The number of nitrogens with zero attached hydrogens (tertiary/aromatic N) is 2. The summed E-state index contributed by atoms with van der Waals surface area (Å²) in [6.07, 6.45) is 5.99. The summed E-state index contributed by atoms with van der Waals surface area (Å²) in [5.41, 5.74) is 2.38. The maximum Gasteiger partial charge on any atom is 0.243 e. The molecule has 0 unspecified atom stereocenters. The van der Waals surface area contributed by atoms with Gasteiger partial charge in [-0.1, -0.05) is 85.1 Å². The van der Waals surface area contributed by atoms with Gasteiger partial charge in [-0.15, -0.1) is 0 Å². The first-order chi connectivity index (χ1) is 19.7. The molecule has 4 rings (SSSR count). The van der Waals surface area contributed by atoms with Crippen LogP contribution in [0.5, 0.6) is 0 Å². The molecule has 0 heterocycles. The van der Waals surface area contributed by atoms with Crippen molar-refractivity contribution in [2.45, 2.75) is 63.6 Å². The number of hydrogen-bond acceptors (Lipinski definition) is 4. The van der Waals surface area contributed by atoms with Crippen LogP contribution in [0.15, 0.2) is 84.9 Å². The number of nitrogens with one attached hydrogen (secondary N) is 1. The lowest BCUT2D eigenvalue weighted by atomic mass is 10.0. The summed E-state index contributed by atoms with van der Waals surface area (Å²) in [6, 6.07) is 25.4. The van der Waals surface area contributed by atoms with Gasteiger partial charge in [-0.3, -0.25) is 13.9 Å². The van der Waals surface area contributed by atoms with Crippen LogP contribution in [0.1, 0.15) is 49.7 Å². The van der Waals surface area contributed by atoms with E-state index in [0.717, 1.165) is 43.1 Å². The summed E-state index contributed by atoms with van der Waals surface area (Å²) in [4.78, 5) is 29.3. The van der Waals surface area contributed by atoms with Crippen molar-refractivity contribution in [2.24, 2.45) is 0 Å². The van der Waals surface area contributed by atoms with Gasteiger partial charge in [0.25, 0.3) is 0 Å². The van der Waals surface area contributed by atoms with E-state index in [0.29, 0.717) is 23.6 Å². The maximum absolute atomic E-state index is 13.9. The molecule has 1 aliphatic rings. The first-order valence-electron chi connectivity index (χ1n) is 14.1. The van der Waals surface area contributed by atoms with E-state index in [1.165, 1.54) is 4.31 Å².